The van der Waals surface area contributed by atoms with Gasteiger partial charge in [0, 0.05) is 11.9 Å². The van der Waals surface area contributed by atoms with Crippen LogP contribution in [0.5, 0.6) is 0 Å². The number of pyridine rings is 1. The summed E-state index contributed by atoms with van der Waals surface area (Å²) < 4.78 is 0. The molecule has 2 nitrogen and oxygen atoms in total. The highest BCUT2D eigenvalue weighted by Gasteiger charge is 2.05. The number of para-hydroxylation sites is 1. The highest BCUT2D eigenvalue weighted by Crippen LogP contribution is 2.22. The molecule has 0 aliphatic heterocycles. The van der Waals surface area contributed by atoms with Crippen LogP contribution in [-0.2, 0) is 0 Å². The Kier molecular flexibility index (Phi) is 4.00. The first-order valence-corrected chi connectivity index (χ1v) is 7.61. The standard InChI is InChI=1S/C18H22N2/c1-14-13-18(20-17-10-6-5-9-16(14)17)19-12-11-15-7-3-2-4-8-15/h5-7,9-10,13H,2-4,8,11-12H2,1H3,(H,19,20). The van der Waals surface area contributed by atoms with Gasteiger partial charge in [0.05, 0.1) is 5.52 Å². The van der Waals surface area contributed by atoms with E-state index in [-0.39, 0.29) is 0 Å². The molecule has 0 spiro atoms. The number of hydrogen-bond donors (Lipinski definition) is 1. The van der Waals surface area contributed by atoms with Gasteiger partial charge in [0.2, 0.25) is 0 Å². The topological polar surface area (TPSA) is 24.9 Å². The second-order valence-corrected chi connectivity index (χ2v) is 5.63. The van der Waals surface area contributed by atoms with Crippen LogP contribution in [0.3, 0.4) is 0 Å². The molecule has 20 heavy (non-hydrogen) atoms. The van der Waals surface area contributed by atoms with E-state index in [0.29, 0.717) is 0 Å². The maximum atomic E-state index is 4.69. The van der Waals surface area contributed by atoms with Crippen molar-refractivity contribution in [3.8, 4) is 0 Å². The van der Waals surface area contributed by atoms with Gasteiger partial charge in [-0.05, 0) is 56.7 Å². The fourth-order valence-corrected chi connectivity index (χ4v) is 2.92. The van der Waals surface area contributed by atoms with Crippen LogP contribution >= 0.6 is 0 Å². The van der Waals surface area contributed by atoms with E-state index in [1.54, 1.807) is 5.57 Å². The zero-order valence-electron chi connectivity index (χ0n) is 12.2. The van der Waals surface area contributed by atoms with Gasteiger partial charge in [-0.15, -0.1) is 0 Å². The summed E-state index contributed by atoms with van der Waals surface area (Å²) in [4.78, 5) is 4.69. The van der Waals surface area contributed by atoms with E-state index >= 15 is 0 Å². The lowest BCUT2D eigenvalue weighted by atomic mass is 9.97. The summed E-state index contributed by atoms with van der Waals surface area (Å²) in [5, 5.41) is 4.72. The monoisotopic (exact) mass is 266 g/mol. The molecule has 1 N–H and O–H groups in total. The smallest absolute Gasteiger partial charge is 0.126 e. The molecule has 1 heterocycles. The first kappa shape index (κ1) is 13.2. The van der Waals surface area contributed by atoms with E-state index in [2.05, 4.69) is 47.6 Å². The largest absolute Gasteiger partial charge is 0.370 e. The molecule has 1 aliphatic carbocycles. The molecule has 104 valence electrons. The lowest BCUT2D eigenvalue weighted by Gasteiger charge is -2.13. The van der Waals surface area contributed by atoms with Crippen molar-refractivity contribution >= 4 is 16.7 Å². The number of hydrogen-bond acceptors (Lipinski definition) is 2. The average molecular weight is 266 g/mol. The molecule has 3 rings (SSSR count). The predicted molar refractivity (Wildman–Crippen MR) is 86.1 cm³/mol. The van der Waals surface area contributed by atoms with Crippen molar-refractivity contribution in [2.45, 2.75) is 39.0 Å². The van der Waals surface area contributed by atoms with Crippen molar-refractivity contribution in [2.24, 2.45) is 0 Å². The summed E-state index contributed by atoms with van der Waals surface area (Å²) in [6.07, 6.45) is 8.84. The quantitative estimate of drug-likeness (QED) is 0.800. The summed E-state index contributed by atoms with van der Waals surface area (Å²) in [6, 6.07) is 10.5. The normalized spacial score (nSPS) is 15.2. The summed E-state index contributed by atoms with van der Waals surface area (Å²) in [5.41, 5.74) is 3.98. The number of allylic oxidation sites excluding steroid dienone is 1. The van der Waals surface area contributed by atoms with Crippen LogP contribution in [0, 0.1) is 6.92 Å². The summed E-state index contributed by atoms with van der Waals surface area (Å²) in [5.74, 6) is 0.998. The molecule has 0 amide bonds. The first-order valence-electron chi connectivity index (χ1n) is 7.61. The summed E-state index contributed by atoms with van der Waals surface area (Å²) in [6.45, 7) is 3.13. The maximum absolute atomic E-state index is 4.69. The van der Waals surface area contributed by atoms with Crippen LogP contribution in [0.2, 0.25) is 0 Å². The van der Waals surface area contributed by atoms with E-state index in [1.807, 2.05) is 6.07 Å². The van der Waals surface area contributed by atoms with Gasteiger partial charge >= 0.3 is 0 Å². The first-order chi connectivity index (χ1) is 9.83. The van der Waals surface area contributed by atoms with Crippen molar-refractivity contribution in [1.82, 2.24) is 4.98 Å². The minimum atomic E-state index is 0.983. The third-order valence-electron chi connectivity index (χ3n) is 4.06. The van der Waals surface area contributed by atoms with Crippen molar-refractivity contribution in [2.75, 3.05) is 11.9 Å². The summed E-state index contributed by atoms with van der Waals surface area (Å²) >= 11 is 0. The molecular formula is C18H22N2. The molecule has 1 aliphatic rings. The van der Waals surface area contributed by atoms with E-state index in [1.165, 1.54) is 36.6 Å². The number of anilines is 1. The predicted octanol–water partition coefficient (Wildman–Crippen LogP) is 4.85. The van der Waals surface area contributed by atoms with Crippen molar-refractivity contribution in [3.63, 3.8) is 0 Å². The van der Waals surface area contributed by atoms with Gasteiger partial charge in [-0.1, -0.05) is 29.8 Å². The number of rotatable bonds is 4. The van der Waals surface area contributed by atoms with E-state index in [0.717, 1.165) is 24.3 Å². The van der Waals surface area contributed by atoms with Crippen LogP contribution in [0.15, 0.2) is 42.0 Å². The highest BCUT2D eigenvalue weighted by atomic mass is 15.0. The molecule has 0 saturated carbocycles. The fourth-order valence-electron chi connectivity index (χ4n) is 2.92. The maximum Gasteiger partial charge on any atom is 0.126 e. The molecule has 0 atom stereocenters. The van der Waals surface area contributed by atoms with Gasteiger partial charge in [0.1, 0.15) is 5.82 Å². The average Bonchev–Trinajstić information content (AvgIpc) is 2.48. The zero-order chi connectivity index (χ0) is 13.8. The summed E-state index contributed by atoms with van der Waals surface area (Å²) in [7, 11) is 0. The number of aryl methyl sites for hydroxylation is 1. The lowest BCUT2D eigenvalue weighted by Crippen LogP contribution is -2.06. The number of benzene rings is 1. The van der Waals surface area contributed by atoms with Gasteiger partial charge in [-0.2, -0.15) is 0 Å². The molecule has 1 aromatic carbocycles. The Morgan fingerprint density at radius 3 is 2.95 bits per heavy atom. The van der Waals surface area contributed by atoms with Gasteiger partial charge in [-0.25, -0.2) is 4.98 Å². The third-order valence-corrected chi connectivity index (χ3v) is 4.06. The van der Waals surface area contributed by atoms with Gasteiger partial charge in [-0.3, -0.25) is 0 Å². The molecule has 2 heteroatoms. The van der Waals surface area contributed by atoms with Crippen LogP contribution in [0.1, 0.15) is 37.7 Å². The van der Waals surface area contributed by atoms with E-state index in [9.17, 15) is 0 Å². The Morgan fingerprint density at radius 2 is 2.10 bits per heavy atom. The zero-order valence-corrected chi connectivity index (χ0v) is 12.2. The molecular weight excluding hydrogens is 244 g/mol. The Labute approximate surface area is 120 Å². The number of aromatic nitrogens is 1. The van der Waals surface area contributed by atoms with Crippen LogP contribution < -0.4 is 5.32 Å². The second kappa shape index (κ2) is 6.08. The fraction of sp³-hybridized carbons (Fsp3) is 0.389. The van der Waals surface area contributed by atoms with Crippen LogP contribution in [0.25, 0.3) is 10.9 Å². The third kappa shape index (κ3) is 3.01. The van der Waals surface area contributed by atoms with E-state index < -0.39 is 0 Å². The molecule has 0 bridgehead atoms. The number of fused-ring (bicyclic) bond motifs is 1. The van der Waals surface area contributed by atoms with E-state index in [4.69, 9.17) is 0 Å². The second-order valence-electron chi connectivity index (χ2n) is 5.63. The highest BCUT2D eigenvalue weighted by molar-refractivity contribution is 5.83. The van der Waals surface area contributed by atoms with Crippen molar-refractivity contribution in [3.05, 3.63) is 47.5 Å². The number of nitrogens with one attached hydrogen (secondary N) is 1. The molecule has 2 aromatic rings. The van der Waals surface area contributed by atoms with Gasteiger partial charge in [0.25, 0.3) is 0 Å². The Morgan fingerprint density at radius 1 is 1.20 bits per heavy atom. The van der Waals surface area contributed by atoms with Crippen LogP contribution in [0.4, 0.5) is 5.82 Å². The Balaban J connectivity index is 1.67. The molecule has 1 aromatic heterocycles. The minimum absolute atomic E-state index is 0.983. The van der Waals surface area contributed by atoms with Gasteiger partial charge in [0.15, 0.2) is 0 Å². The van der Waals surface area contributed by atoms with Crippen LogP contribution in [-0.4, -0.2) is 11.5 Å². The molecule has 0 saturated heterocycles. The molecule has 0 unspecified atom stereocenters. The van der Waals surface area contributed by atoms with Crippen molar-refractivity contribution in [1.29, 1.82) is 0 Å². The minimum Gasteiger partial charge on any atom is -0.370 e. The number of nitrogens with zero attached hydrogens (tertiary/aromatic N) is 1. The molecule has 0 fully saturated rings. The lowest BCUT2D eigenvalue weighted by molar-refractivity contribution is 0.679. The SMILES string of the molecule is Cc1cc(NCCC2=CCCCC2)nc2ccccc12. The van der Waals surface area contributed by atoms with Gasteiger partial charge < -0.3 is 5.32 Å². The Bertz CT molecular complexity index is 628. The molecule has 0 radical (unpaired) electrons. The Hall–Kier alpha value is -1.83. The van der Waals surface area contributed by atoms with Crippen molar-refractivity contribution < 1.29 is 0 Å².